The van der Waals surface area contributed by atoms with Crippen LogP contribution in [0.15, 0.2) is 39.1 Å². The van der Waals surface area contributed by atoms with Crippen molar-refractivity contribution in [2.45, 2.75) is 132 Å². The van der Waals surface area contributed by atoms with E-state index in [1.807, 2.05) is 14.1 Å². The first-order valence-electron chi connectivity index (χ1n) is 21.4. The number of hydrogen-bond acceptors (Lipinski definition) is 14. The minimum atomic E-state index is -1.23. The number of aromatic nitrogens is 1. The van der Waals surface area contributed by atoms with Crippen LogP contribution >= 0.6 is 11.8 Å². The van der Waals surface area contributed by atoms with Crippen LogP contribution in [0.25, 0.3) is 11.6 Å². The zero-order chi connectivity index (χ0) is 46.4. The minimum Gasteiger partial charge on any atom is -0.463 e. The summed E-state index contributed by atoms with van der Waals surface area (Å²) < 4.78 is 28.0. The first-order chi connectivity index (χ1) is 29.2. The molecule has 0 radical (unpaired) electrons. The number of aryl methyl sites for hydroxylation is 1. The maximum Gasteiger partial charge on any atom is 0.303 e. The number of likely N-dealkylation sites (N-methyl/N-ethyl adjacent to an activating group) is 1. The molecule has 15 nitrogen and oxygen atoms in total. The second-order valence-corrected chi connectivity index (χ2v) is 17.5. The van der Waals surface area contributed by atoms with Crippen LogP contribution in [0.2, 0.25) is 0 Å². The fourth-order valence-corrected chi connectivity index (χ4v) is 8.71. The Labute approximate surface area is 371 Å². The van der Waals surface area contributed by atoms with Crippen molar-refractivity contribution in [1.29, 1.82) is 0 Å². The molecule has 0 aromatic carbocycles. The number of nitrogens with one attached hydrogen (secondary N) is 2. The molecule has 2 aliphatic rings. The van der Waals surface area contributed by atoms with Crippen molar-refractivity contribution >= 4 is 64.6 Å². The van der Waals surface area contributed by atoms with Gasteiger partial charge in [0.1, 0.15) is 18.1 Å². The number of nitrogens with zero attached hydrogens (tertiary/aromatic N) is 3. The summed E-state index contributed by atoms with van der Waals surface area (Å²) in [7, 11) is 5.51. The summed E-state index contributed by atoms with van der Waals surface area (Å²) in [6.45, 7) is 19.8. The van der Waals surface area contributed by atoms with Gasteiger partial charge in [0, 0.05) is 107 Å². The van der Waals surface area contributed by atoms with Gasteiger partial charge < -0.3 is 38.9 Å². The Morgan fingerprint density at radius 2 is 1.61 bits per heavy atom. The lowest BCUT2D eigenvalue weighted by Crippen LogP contribution is -2.61. The number of allylic oxidation sites excluding steroid dienone is 3. The predicted molar refractivity (Wildman–Crippen MR) is 243 cm³/mol. The van der Waals surface area contributed by atoms with Crippen molar-refractivity contribution < 1.29 is 47.7 Å². The molecule has 0 spiro atoms. The highest BCUT2D eigenvalue weighted by atomic mass is 32.2. The normalized spacial score (nSPS) is 24.5. The second-order valence-electron chi connectivity index (χ2n) is 16.3. The van der Waals surface area contributed by atoms with Crippen LogP contribution in [0.3, 0.4) is 0 Å². The number of esters is 4. The van der Waals surface area contributed by atoms with Crippen molar-refractivity contribution in [3.05, 3.63) is 45.4 Å². The van der Waals surface area contributed by atoms with Gasteiger partial charge in [-0.1, -0.05) is 26.3 Å². The summed E-state index contributed by atoms with van der Waals surface area (Å²) in [5, 5.41) is 5.30. The van der Waals surface area contributed by atoms with E-state index in [2.05, 4.69) is 82.0 Å². The third-order valence-corrected chi connectivity index (χ3v) is 12.5. The van der Waals surface area contributed by atoms with Gasteiger partial charge in [0.25, 0.3) is 0 Å². The second kappa shape index (κ2) is 24.2. The summed E-state index contributed by atoms with van der Waals surface area (Å²) in [5.74, 6) is -1.78. The molecule has 1 aromatic heterocycles. The molecule has 3 rings (SSSR count). The van der Waals surface area contributed by atoms with Crippen LogP contribution in [-0.4, -0.2) is 121 Å². The molecular formula is C46H69N5O10S. The average molecular weight is 884 g/mol. The third kappa shape index (κ3) is 14.4. The SMILES string of the molecule is CCC(C)C(/C=c1\[nH]/c(=C(/C)C2=N/C(=C\C(NC)=C(C)C)[C@@H](C)[C@@H]2CCC(=O)N(C)CCCS[C@H]2O[C@H](COC(C)=O)[C@@H](OC(C)=O)[C@H](OC(C)=O)[C@@H]2OC(C)=O)cc1C)=N\C. The van der Waals surface area contributed by atoms with E-state index in [-0.39, 0.29) is 24.3 Å². The molecule has 2 N–H and O–H groups in total. The molecule has 344 valence electrons. The zero-order valence-corrected chi connectivity index (χ0v) is 39.9. The summed E-state index contributed by atoms with van der Waals surface area (Å²) >= 11 is 1.29. The number of aliphatic imine (C=N–C) groups is 2. The van der Waals surface area contributed by atoms with Gasteiger partial charge in [-0.15, -0.1) is 11.8 Å². The summed E-state index contributed by atoms with van der Waals surface area (Å²) in [4.78, 5) is 77.1. The van der Waals surface area contributed by atoms with Crippen molar-refractivity contribution in [3.63, 3.8) is 0 Å². The van der Waals surface area contributed by atoms with Crippen molar-refractivity contribution in [3.8, 4) is 0 Å². The lowest BCUT2D eigenvalue weighted by molar-refractivity contribution is -0.237. The molecule has 62 heavy (non-hydrogen) atoms. The van der Waals surface area contributed by atoms with E-state index in [9.17, 15) is 24.0 Å². The number of H-pyrrole nitrogens is 1. The van der Waals surface area contributed by atoms with E-state index in [1.165, 1.54) is 39.5 Å². The van der Waals surface area contributed by atoms with E-state index < -0.39 is 53.7 Å². The fraction of sp³-hybridized carbons (Fsp3) is 0.630. The lowest BCUT2D eigenvalue weighted by Gasteiger charge is -2.44. The standard InChI is InChI=1S/C46H69N5O10S/c1-15-26(4)36(48-13)23-37-27(5)21-38(49-37)29(7)42-34(28(6)39(50-42)22-35(47-12)25(2)3)17-18-41(56)51(14)19-16-20-62-46-45(60-33(11)55)44(59-32(10)54)43(58-31(9)53)40(61-46)24-57-30(8)52/h21-23,26,28,34,40,43-47,49H,15-20,24H2,1-14H3/b37-23-,38-29-,39-22-,48-36-/t26?,28-,34-,40+,43+,44-,45-,46+/m0/s1. The highest BCUT2D eigenvalue weighted by Crippen LogP contribution is 2.38. The van der Waals surface area contributed by atoms with Crippen LogP contribution < -0.4 is 16.0 Å². The van der Waals surface area contributed by atoms with Crippen molar-refractivity contribution in [2.75, 3.05) is 40.0 Å². The Bertz CT molecular complexity index is 2030. The number of aromatic amines is 1. The zero-order valence-electron chi connectivity index (χ0n) is 39.1. The van der Waals surface area contributed by atoms with Gasteiger partial charge in [0.15, 0.2) is 18.3 Å². The summed E-state index contributed by atoms with van der Waals surface area (Å²) in [5.41, 5.74) is 6.39. The smallest absolute Gasteiger partial charge is 0.303 e. The van der Waals surface area contributed by atoms with E-state index in [4.69, 9.17) is 28.7 Å². The number of amides is 1. The van der Waals surface area contributed by atoms with Gasteiger partial charge in [0.2, 0.25) is 5.91 Å². The lowest BCUT2D eigenvalue weighted by atomic mass is 9.84. The topological polar surface area (TPSA) is 187 Å². The number of thioether (sulfide) groups is 1. The first kappa shape index (κ1) is 51.6. The highest BCUT2D eigenvalue weighted by Gasteiger charge is 2.52. The quantitative estimate of drug-likeness (QED) is 0.0827. The molecule has 3 heterocycles. The molecule has 16 heteroatoms. The molecule has 1 saturated heterocycles. The van der Waals surface area contributed by atoms with Gasteiger partial charge in [-0.3, -0.25) is 34.0 Å². The van der Waals surface area contributed by atoms with Gasteiger partial charge >= 0.3 is 23.9 Å². The molecule has 1 fully saturated rings. The Kier molecular flexibility index (Phi) is 20.2. The van der Waals surface area contributed by atoms with Crippen LogP contribution in [0.1, 0.15) is 100 Å². The molecule has 1 aromatic rings. The number of hydrogen-bond donors (Lipinski definition) is 2. The molecule has 2 aliphatic heterocycles. The monoisotopic (exact) mass is 883 g/mol. The number of rotatable bonds is 19. The van der Waals surface area contributed by atoms with Crippen LogP contribution in [0.4, 0.5) is 0 Å². The van der Waals surface area contributed by atoms with Crippen LogP contribution in [0.5, 0.6) is 0 Å². The molecule has 0 bridgehead atoms. The van der Waals surface area contributed by atoms with Crippen LogP contribution in [0, 0.1) is 24.7 Å². The minimum absolute atomic E-state index is 0.00380. The predicted octanol–water partition coefficient (Wildman–Crippen LogP) is 4.94. The Balaban J connectivity index is 1.81. The molecule has 1 amide bonds. The average Bonchev–Trinajstić information content (AvgIpc) is 3.73. The summed E-state index contributed by atoms with van der Waals surface area (Å²) in [6.07, 6.45) is 2.09. The number of ether oxygens (including phenoxy) is 5. The largest absolute Gasteiger partial charge is 0.463 e. The fourth-order valence-electron chi connectivity index (χ4n) is 7.56. The first-order valence-corrected chi connectivity index (χ1v) is 22.4. The Morgan fingerprint density at radius 1 is 0.984 bits per heavy atom. The molecular weight excluding hydrogens is 815 g/mol. The van der Waals surface area contributed by atoms with Crippen LogP contribution in [-0.2, 0) is 47.7 Å². The Hall–Kier alpha value is -4.70. The highest BCUT2D eigenvalue weighted by molar-refractivity contribution is 7.99. The van der Waals surface area contributed by atoms with Gasteiger partial charge in [-0.05, 0) is 88.0 Å². The maximum absolute atomic E-state index is 13.7. The summed E-state index contributed by atoms with van der Waals surface area (Å²) in [6, 6.07) is 2.16. The van der Waals surface area contributed by atoms with E-state index in [1.54, 1.807) is 11.9 Å². The van der Waals surface area contributed by atoms with Crippen molar-refractivity contribution in [2.24, 2.45) is 27.7 Å². The Morgan fingerprint density at radius 3 is 2.18 bits per heavy atom. The molecule has 0 saturated carbocycles. The van der Waals surface area contributed by atoms with Gasteiger partial charge in [0.05, 0.1) is 0 Å². The molecule has 0 aliphatic carbocycles. The van der Waals surface area contributed by atoms with E-state index in [0.717, 1.165) is 56.6 Å². The molecule has 1 unspecified atom stereocenters. The third-order valence-electron chi connectivity index (χ3n) is 11.2. The van der Waals surface area contributed by atoms with E-state index in [0.29, 0.717) is 37.5 Å². The van der Waals surface area contributed by atoms with Crippen molar-refractivity contribution in [1.82, 2.24) is 15.2 Å². The number of carbonyl (C=O) groups is 5. The number of carbonyl (C=O) groups excluding carboxylic acids is 5. The maximum atomic E-state index is 13.7. The van der Waals surface area contributed by atoms with Gasteiger partial charge in [-0.25, -0.2) is 0 Å². The molecule has 8 atom stereocenters. The van der Waals surface area contributed by atoms with E-state index >= 15 is 0 Å². The van der Waals surface area contributed by atoms with Gasteiger partial charge in [-0.2, -0.15) is 0 Å².